The second kappa shape index (κ2) is 5.92. The number of carbonyl (C=O) groups is 1. The minimum Gasteiger partial charge on any atom is -0.345 e. The molecule has 2 fully saturated rings. The lowest BCUT2D eigenvalue weighted by atomic mass is 9.89. The summed E-state index contributed by atoms with van der Waals surface area (Å²) in [5.74, 6) is 0.452. The number of likely N-dealkylation sites (tertiary alicyclic amines) is 1. The molecule has 0 saturated carbocycles. The monoisotopic (exact) mass is 350 g/mol. The van der Waals surface area contributed by atoms with E-state index in [1.807, 2.05) is 29.2 Å². The van der Waals surface area contributed by atoms with Crippen molar-refractivity contribution in [3.05, 3.63) is 65.7 Å². The van der Waals surface area contributed by atoms with E-state index in [2.05, 4.69) is 15.3 Å². The van der Waals surface area contributed by atoms with Gasteiger partial charge in [-0.05, 0) is 41.8 Å². The van der Waals surface area contributed by atoms with E-state index in [1.165, 1.54) is 6.07 Å². The first-order valence-corrected chi connectivity index (χ1v) is 8.91. The van der Waals surface area contributed by atoms with E-state index in [0.717, 1.165) is 29.7 Å². The van der Waals surface area contributed by atoms with Gasteiger partial charge in [0.15, 0.2) is 0 Å². The van der Waals surface area contributed by atoms with Crippen LogP contribution in [-0.4, -0.2) is 40.4 Å². The molecule has 132 valence electrons. The molecular weight excluding hydrogens is 331 g/mol. The van der Waals surface area contributed by atoms with Gasteiger partial charge < -0.3 is 15.2 Å². The molecule has 0 radical (unpaired) electrons. The summed E-state index contributed by atoms with van der Waals surface area (Å²) in [6, 6.07) is 12.1. The number of carbonyl (C=O) groups excluding carboxylic acids is 1. The molecule has 3 heterocycles. The summed E-state index contributed by atoms with van der Waals surface area (Å²) in [4.78, 5) is 22.5. The Balaban J connectivity index is 1.54. The van der Waals surface area contributed by atoms with Crippen molar-refractivity contribution in [2.75, 3.05) is 19.6 Å². The normalized spacial score (nSPS) is 25.0. The molecule has 2 aliphatic rings. The Morgan fingerprint density at radius 1 is 1.19 bits per heavy atom. The number of nitrogens with zero attached hydrogens (tertiary/aromatic N) is 2. The first kappa shape index (κ1) is 15.5. The predicted molar refractivity (Wildman–Crippen MR) is 96.1 cm³/mol. The summed E-state index contributed by atoms with van der Waals surface area (Å²) >= 11 is 0. The zero-order chi connectivity index (χ0) is 17.7. The number of hydrogen-bond donors (Lipinski definition) is 2. The van der Waals surface area contributed by atoms with Gasteiger partial charge in [0.1, 0.15) is 5.82 Å². The number of nitrogens with one attached hydrogen (secondary N) is 2. The predicted octanol–water partition coefficient (Wildman–Crippen LogP) is 2.73. The third kappa shape index (κ3) is 2.41. The van der Waals surface area contributed by atoms with Crippen molar-refractivity contribution in [2.45, 2.75) is 6.04 Å². The summed E-state index contributed by atoms with van der Waals surface area (Å²) < 4.78 is 13.8. The van der Waals surface area contributed by atoms with Gasteiger partial charge in [-0.25, -0.2) is 9.37 Å². The third-order valence-corrected chi connectivity index (χ3v) is 5.68. The van der Waals surface area contributed by atoms with Crippen molar-refractivity contribution in [1.82, 2.24) is 20.2 Å². The van der Waals surface area contributed by atoms with E-state index >= 15 is 0 Å². The topological polar surface area (TPSA) is 61.0 Å². The molecule has 5 rings (SSSR count). The summed E-state index contributed by atoms with van der Waals surface area (Å²) in [6.07, 6.45) is 1.63. The maximum atomic E-state index is 13.8. The summed E-state index contributed by atoms with van der Waals surface area (Å²) in [5, 5.41) is 3.41. The highest BCUT2D eigenvalue weighted by molar-refractivity contribution is 5.97. The number of fused-ring (bicyclic) bond motifs is 2. The van der Waals surface area contributed by atoms with Crippen molar-refractivity contribution >= 4 is 16.9 Å². The molecule has 0 bridgehead atoms. The van der Waals surface area contributed by atoms with E-state index in [-0.39, 0.29) is 17.8 Å². The van der Waals surface area contributed by atoms with Crippen molar-refractivity contribution in [2.24, 2.45) is 11.8 Å². The number of halogens is 1. The van der Waals surface area contributed by atoms with Gasteiger partial charge in [0.25, 0.3) is 5.91 Å². The fourth-order valence-corrected chi connectivity index (χ4v) is 4.48. The molecule has 2 aliphatic heterocycles. The van der Waals surface area contributed by atoms with Crippen LogP contribution in [0.15, 0.2) is 48.8 Å². The highest BCUT2D eigenvalue weighted by Gasteiger charge is 2.46. The van der Waals surface area contributed by atoms with Gasteiger partial charge in [-0.15, -0.1) is 0 Å². The number of aromatic nitrogens is 2. The molecule has 3 atom stereocenters. The SMILES string of the molecule is O=C(c1ccc2nc[nH]c2c1)N1C[C@@H]2CNC[C@@H]2[C@H]1c1cccc(F)c1. The molecule has 6 heteroatoms. The van der Waals surface area contributed by atoms with Crippen LogP contribution >= 0.6 is 0 Å². The van der Waals surface area contributed by atoms with Crippen LogP contribution in [0, 0.1) is 17.7 Å². The highest BCUT2D eigenvalue weighted by Crippen LogP contribution is 2.43. The van der Waals surface area contributed by atoms with Crippen molar-refractivity contribution in [1.29, 1.82) is 0 Å². The van der Waals surface area contributed by atoms with Gasteiger partial charge in [-0.1, -0.05) is 12.1 Å². The molecule has 3 aromatic rings. The van der Waals surface area contributed by atoms with Crippen molar-refractivity contribution in [3.8, 4) is 0 Å². The van der Waals surface area contributed by atoms with E-state index in [1.54, 1.807) is 18.5 Å². The van der Waals surface area contributed by atoms with Crippen LogP contribution in [0.4, 0.5) is 4.39 Å². The Hall–Kier alpha value is -2.73. The molecule has 2 N–H and O–H groups in total. The second-order valence-corrected chi connectivity index (χ2v) is 7.17. The van der Waals surface area contributed by atoms with Crippen LogP contribution < -0.4 is 5.32 Å². The van der Waals surface area contributed by atoms with Crippen LogP contribution in [-0.2, 0) is 0 Å². The van der Waals surface area contributed by atoms with E-state index in [9.17, 15) is 9.18 Å². The highest BCUT2D eigenvalue weighted by atomic mass is 19.1. The fourth-order valence-electron chi connectivity index (χ4n) is 4.48. The Morgan fingerprint density at radius 2 is 2.12 bits per heavy atom. The summed E-state index contributed by atoms with van der Waals surface area (Å²) in [7, 11) is 0. The van der Waals surface area contributed by atoms with Gasteiger partial charge in [-0.3, -0.25) is 4.79 Å². The van der Waals surface area contributed by atoms with Gasteiger partial charge >= 0.3 is 0 Å². The zero-order valence-corrected chi connectivity index (χ0v) is 14.2. The minimum atomic E-state index is -0.261. The van der Waals surface area contributed by atoms with Gasteiger partial charge in [0.05, 0.1) is 23.4 Å². The van der Waals surface area contributed by atoms with Crippen LogP contribution in [0.1, 0.15) is 22.0 Å². The minimum absolute atomic E-state index is 0.00911. The van der Waals surface area contributed by atoms with Gasteiger partial charge in [0, 0.05) is 31.1 Å². The lowest BCUT2D eigenvalue weighted by Crippen LogP contribution is -2.34. The molecule has 1 amide bonds. The average molecular weight is 350 g/mol. The zero-order valence-electron chi connectivity index (χ0n) is 14.2. The molecule has 26 heavy (non-hydrogen) atoms. The first-order valence-electron chi connectivity index (χ1n) is 8.91. The number of H-pyrrole nitrogens is 1. The molecule has 1 aromatic heterocycles. The number of hydrogen-bond acceptors (Lipinski definition) is 3. The Bertz CT molecular complexity index is 985. The fraction of sp³-hybridized carbons (Fsp3) is 0.300. The lowest BCUT2D eigenvalue weighted by Gasteiger charge is -2.28. The molecule has 2 saturated heterocycles. The number of benzene rings is 2. The van der Waals surface area contributed by atoms with E-state index in [4.69, 9.17) is 0 Å². The Morgan fingerprint density at radius 3 is 3.00 bits per heavy atom. The maximum absolute atomic E-state index is 13.8. The van der Waals surface area contributed by atoms with Crippen LogP contribution in [0.2, 0.25) is 0 Å². The number of aromatic amines is 1. The second-order valence-electron chi connectivity index (χ2n) is 7.17. The molecular formula is C20H19FN4O. The van der Waals surface area contributed by atoms with Crippen LogP contribution in [0.5, 0.6) is 0 Å². The quantitative estimate of drug-likeness (QED) is 0.747. The Labute approximate surface area is 150 Å². The third-order valence-electron chi connectivity index (χ3n) is 5.68. The van der Waals surface area contributed by atoms with E-state index in [0.29, 0.717) is 23.9 Å². The summed E-state index contributed by atoms with van der Waals surface area (Å²) in [6.45, 7) is 2.45. The van der Waals surface area contributed by atoms with Gasteiger partial charge in [0.2, 0.25) is 0 Å². The number of imidazole rings is 1. The molecule has 2 aromatic carbocycles. The van der Waals surface area contributed by atoms with Crippen molar-refractivity contribution in [3.63, 3.8) is 0 Å². The smallest absolute Gasteiger partial charge is 0.254 e. The number of amides is 1. The molecule has 0 aliphatic carbocycles. The standard InChI is InChI=1S/C20H19FN4O/c21-15-3-1-2-12(6-15)19-16-9-22-8-14(16)10-25(19)20(26)13-4-5-17-18(7-13)24-11-23-17/h1-7,11,14,16,19,22H,8-10H2,(H,23,24)/t14-,16-,19+/m0/s1. The number of rotatable bonds is 2. The molecule has 0 spiro atoms. The molecule has 5 nitrogen and oxygen atoms in total. The van der Waals surface area contributed by atoms with Gasteiger partial charge in [-0.2, -0.15) is 0 Å². The lowest BCUT2D eigenvalue weighted by molar-refractivity contribution is 0.0714. The van der Waals surface area contributed by atoms with E-state index < -0.39 is 0 Å². The Kier molecular flexibility index (Phi) is 3.53. The first-order chi connectivity index (χ1) is 12.7. The van der Waals surface area contributed by atoms with Crippen molar-refractivity contribution < 1.29 is 9.18 Å². The maximum Gasteiger partial charge on any atom is 0.254 e. The summed E-state index contributed by atoms with van der Waals surface area (Å²) in [5.41, 5.74) is 3.19. The average Bonchev–Trinajstić information content (AvgIpc) is 3.35. The molecule has 0 unspecified atom stereocenters. The van der Waals surface area contributed by atoms with Crippen LogP contribution in [0.25, 0.3) is 11.0 Å². The largest absolute Gasteiger partial charge is 0.345 e. The van der Waals surface area contributed by atoms with Crippen LogP contribution in [0.3, 0.4) is 0 Å².